The van der Waals surface area contributed by atoms with E-state index in [1.54, 1.807) is 0 Å². The standard InChI is InChI=1S/C6H13O8P/c7-1-2(8)3(9)4(10)5(11)6(12)15(13)14/h2-5,7-11,15H,1H2,(H,13,14)/t2?,3-,4+,5-/m1/s1/i15D. The molecule has 0 aliphatic carbocycles. The van der Waals surface area contributed by atoms with Crippen LogP contribution in [0.15, 0.2) is 0 Å². The second kappa shape index (κ2) is 6.29. The lowest BCUT2D eigenvalue weighted by Crippen LogP contribution is -2.48. The van der Waals surface area contributed by atoms with Crippen LogP contribution in [-0.4, -0.2) is 68.3 Å². The first-order chi connectivity index (χ1) is 7.12. The highest BCUT2D eigenvalue weighted by atomic mass is 31.1. The summed E-state index contributed by atoms with van der Waals surface area (Å²) >= 11 is 0. The Balaban J connectivity index is 4.68. The molecule has 0 saturated heterocycles. The van der Waals surface area contributed by atoms with Crippen LogP contribution in [0.4, 0.5) is 0 Å². The van der Waals surface area contributed by atoms with Gasteiger partial charge in [-0.1, -0.05) is 0 Å². The summed E-state index contributed by atoms with van der Waals surface area (Å²) in [5, 5.41) is 44.5. The molecule has 90 valence electrons. The topological polar surface area (TPSA) is 156 Å². The maximum Gasteiger partial charge on any atom is 0.255 e. The highest BCUT2D eigenvalue weighted by molar-refractivity contribution is 7.58. The number of aliphatic hydroxyl groups is 5. The van der Waals surface area contributed by atoms with Crippen molar-refractivity contribution in [3.05, 3.63) is 0 Å². The lowest BCUT2D eigenvalue weighted by molar-refractivity contribution is -0.140. The van der Waals surface area contributed by atoms with Crippen LogP contribution in [0, 0.1) is 0 Å². The molecule has 0 fully saturated rings. The van der Waals surface area contributed by atoms with Crippen molar-refractivity contribution in [3.63, 3.8) is 0 Å². The molecular weight excluding hydrogens is 231 g/mol. The molecular formula is C6H13O8P. The number of rotatable bonds is 6. The van der Waals surface area contributed by atoms with E-state index >= 15 is 0 Å². The Morgan fingerprint density at radius 1 is 1.27 bits per heavy atom. The van der Waals surface area contributed by atoms with Gasteiger partial charge in [0.05, 0.1) is 6.61 Å². The number of hydrogen-bond acceptors (Lipinski definition) is 7. The zero-order chi connectivity index (χ0) is 13.1. The van der Waals surface area contributed by atoms with Crippen molar-refractivity contribution in [2.75, 3.05) is 6.61 Å². The predicted molar refractivity (Wildman–Crippen MR) is 47.3 cm³/mol. The van der Waals surface area contributed by atoms with Crippen molar-refractivity contribution in [3.8, 4) is 0 Å². The van der Waals surface area contributed by atoms with Gasteiger partial charge < -0.3 is 30.4 Å². The molecule has 0 heterocycles. The van der Waals surface area contributed by atoms with Crippen molar-refractivity contribution in [2.24, 2.45) is 0 Å². The molecule has 0 aromatic heterocycles. The highest BCUT2D eigenvalue weighted by Gasteiger charge is 2.35. The van der Waals surface area contributed by atoms with Crippen molar-refractivity contribution < 1.29 is 39.8 Å². The fourth-order valence-corrected chi connectivity index (χ4v) is 1.16. The van der Waals surface area contributed by atoms with Gasteiger partial charge in [-0.2, -0.15) is 0 Å². The molecule has 0 rings (SSSR count). The molecule has 0 saturated carbocycles. The van der Waals surface area contributed by atoms with Crippen LogP contribution in [0.3, 0.4) is 0 Å². The summed E-state index contributed by atoms with van der Waals surface area (Å²) in [6, 6.07) is 0. The summed E-state index contributed by atoms with van der Waals surface area (Å²) in [5.74, 6) is 0. The second-order valence-electron chi connectivity index (χ2n) is 2.79. The molecule has 0 aliphatic rings. The first-order valence-electron chi connectivity index (χ1n) is 4.30. The minimum Gasteiger partial charge on any atom is -0.394 e. The first kappa shape index (κ1) is 12.7. The number of carbonyl (C=O) groups is 1. The van der Waals surface area contributed by atoms with E-state index in [1.807, 2.05) is 0 Å². The largest absolute Gasteiger partial charge is 0.394 e. The van der Waals surface area contributed by atoms with Crippen LogP contribution in [0.25, 0.3) is 0 Å². The summed E-state index contributed by atoms with van der Waals surface area (Å²) in [6.07, 6.45) is -8.69. The molecule has 2 unspecified atom stereocenters. The Morgan fingerprint density at radius 2 is 1.73 bits per heavy atom. The van der Waals surface area contributed by atoms with E-state index in [-0.39, 0.29) is 0 Å². The summed E-state index contributed by atoms with van der Waals surface area (Å²) in [4.78, 5) is 19.3. The normalized spacial score (nSPS) is 24.5. The minimum absolute atomic E-state index is 0.948. The maximum absolute atomic E-state index is 10.9. The molecule has 6 N–H and O–H groups in total. The summed E-state index contributed by atoms with van der Waals surface area (Å²) in [7, 11) is -5.00. The number of hydrogen-bond donors (Lipinski definition) is 6. The average Bonchev–Trinajstić information content (AvgIpc) is 2.22. The number of aliphatic hydroxyl groups excluding tert-OH is 5. The summed E-state index contributed by atoms with van der Waals surface area (Å²) in [5.41, 5.74) is -1.87. The molecule has 0 radical (unpaired) electrons. The van der Waals surface area contributed by atoms with Gasteiger partial charge in [0.25, 0.3) is 7.97 Å². The molecule has 15 heavy (non-hydrogen) atoms. The summed E-state index contributed by atoms with van der Waals surface area (Å²) < 4.78 is 17.0. The van der Waals surface area contributed by atoms with Gasteiger partial charge in [0.1, 0.15) is 19.6 Å². The maximum atomic E-state index is 10.9. The van der Waals surface area contributed by atoms with Crippen LogP contribution in [-0.2, 0) is 9.36 Å². The van der Waals surface area contributed by atoms with Gasteiger partial charge in [0, 0.05) is 0 Å². The molecule has 0 bridgehead atoms. The Morgan fingerprint density at radius 3 is 2.07 bits per heavy atom. The van der Waals surface area contributed by atoms with Crippen molar-refractivity contribution in [1.29, 1.82) is 1.28 Å². The molecule has 0 aromatic rings. The van der Waals surface area contributed by atoms with E-state index in [0.717, 1.165) is 0 Å². The first-order valence-corrected chi connectivity index (χ1v) is 5.07. The molecule has 0 aliphatic heterocycles. The Bertz CT molecular complexity index is 290. The van der Waals surface area contributed by atoms with Crippen LogP contribution < -0.4 is 0 Å². The second-order valence-corrected chi connectivity index (χ2v) is 3.77. The average molecular weight is 245 g/mol. The van der Waals surface area contributed by atoms with Gasteiger partial charge in [-0.15, -0.1) is 0 Å². The fraction of sp³-hybridized carbons (Fsp3) is 0.833. The van der Waals surface area contributed by atoms with Gasteiger partial charge in [-0.25, -0.2) is 0 Å². The fourth-order valence-electron chi connectivity index (χ4n) is 0.782. The van der Waals surface area contributed by atoms with E-state index in [2.05, 4.69) is 0 Å². The van der Waals surface area contributed by atoms with Crippen molar-refractivity contribution in [2.45, 2.75) is 24.4 Å². The third kappa shape index (κ3) is 3.96. The van der Waals surface area contributed by atoms with Gasteiger partial charge in [-0.05, 0) is 0 Å². The Kier molecular flexibility index (Phi) is 5.34. The van der Waals surface area contributed by atoms with E-state index in [4.69, 9.17) is 31.7 Å². The van der Waals surface area contributed by atoms with Crippen LogP contribution in [0.5, 0.6) is 0 Å². The molecule has 0 amide bonds. The zero-order valence-corrected chi connectivity index (χ0v) is 8.36. The van der Waals surface area contributed by atoms with Crippen LogP contribution >= 0.6 is 7.97 Å². The monoisotopic (exact) mass is 245 g/mol. The smallest absolute Gasteiger partial charge is 0.255 e. The van der Waals surface area contributed by atoms with Crippen LogP contribution in [0.2, 0.25) is 0 Å². The molecule has 5 atom stereocenters. The van der Waals surface area contributed by atoms with E-state index in [9.17, 15) is 9.36 Å². The molecule has 0 spiro atoms. The van der Waals surface area contributed by atoms with E-state index in [0.29, 0.717) is 0 Å². The molecule has 0 aromatic carbocycles. The van der Waals surface area contributed by atoms with E-state index in [1.165, 1.54) is 0 Å². The molecule has 8 nitrogen and oxygen atoms in total. The summed E-state index contributed by atoms with van der Waals surface area (Å²) in [6.45, 7) is -0.948. The Hall–Kier alpha value is -0.340. The van der Waals surface area contributed by atoms with Crippen molar-refractivity contribution in [1.82, 2.24) is 0 Å². The highest BCUT2D eigenvalue weighted by Crippen LogP contribution is 2.20. The van der Waals surface area contributed by atoms with Gasteiger partial charge in [-0.3, -0.25) is 9.36 Å². The van der Waals surface area contributed by atoms with Gasteiger partial charge in [0.2, 0.25) is 5.52 Å². The Labute approximate surface area is 86.6 Å². The zero-order valence-electron chi connectivity index (χ0n) is 8.46. The van der Waals surface area contributed by atoms with Gasteiger partial charge in [0.15, 0.2) is 6.10 Å². The van der Waals surface area contributed by atoms with Crippen molar-refractivity contribution >= 4 is 13.5 Å². The lowest BCUT2D eigenvalue weighted by Gasteiger charge is -2.24. The third-order valence-electron chi connectivity index (χ3n) is 1.70. The third-order valence-corrected chi connectivity index (χ3v) is 2.34. The molecule has 9 heteroatoms. The predicted octanol–water partition coefficient (Wildman–Crippen LogP) is -3.58. The SMILES string of the molecule is [2H]P(=O)(O)C(=O)[C@H](O)[C@@H](O)[C@H](O)C(O)CO. The van der Waals surface area contributed by atoms with Crippen LogP contribution in [0.1, 0.15) is 0 Å². The van der Waals surface area contributed by atoms with Gasteiger partial charge >= 0.3 is 0 Å². The quantitative estimate of drug-likeness (QED) is 0.262. The number of carbonyl (C=O) groups excluding carboxylic acids is 1. The minimum atomic E-state index is -5.00. The lowest BCUT2D eigenvalue weighted by atomic mass is 10.0. The van der Waals surface area contributed by atoms with E-state index < -0.39 is 44.5 Å².